The lowest BCUT2D eigenvalue weighted by molar-refractivity contribution is -0.190. The third-order valence-corrected chi connectivity index (χ3v) is 6.61. The Morgan fingerprint density at radius 2 is 2.08 bits per heavy atom. The molecule has 1 aliphatic carbocycles. The van der Waals surface area contributed by atoms with Crippen LogP contribution in [0.4, 0.5) is 0 Å². The molecule has 0 amide bonds. The number of methoxy groups -OCH3 is 1. The highest BCUT2D eigenvalue weighted by Crippen LogP contribution is 2.55. The van der Waals surface area contributed by atoms with Gasteiger partial charge in [0, 0.05) is 24.4 Å². The second kappa shape index (κ2) is 7.60. The molecule has 0 aromatic heterocycles. The smallest absolute Gasteiger partial charge is 0.302 e. The fourth-order valence-corrected chi connectivity index (χ4v) is 4.90. The molecule has 1 heterocycles. The van der Waals surface area contributed by atoms with Gasteiger partial charge in [-0.1, -0.05) is 34.2 Å². The van der Waals surface area contributed by atoms with Crippen molar-refractivity contribution < 1.29 is 24.1 Å². The van der Waals surface area contributed by atoms with Crippen LogP contribution in [0.2, 0.25) is 0 Å². The number of hydrogen-bond acceptors (Lipinski definition) is 5. The van der Waals surface area contributed by atoms with Crippen LogP contribution in [0.15, 0.2) is 11.6 Å². The highest BCUT2D eigenvalue weighted by molar-refractivity contribution is 14.1. The zero-order chi connectivity index (χ0) is 18.1. The van der Waals surface area contributed by atoms with Gasteiger partial charge in [0.05, 0.1) is 11.7 Å². The van der Waals surface area contributed by atoms with Gasteiger partial charge in [-0.25, -0.2) is 0 Å². The standard InChI is InChI=1S/C18H29IO5/c1-11(2)6-7-14-17(4,24-14)16-15(22-5)13(23-12(3)20)8-9-18(16,21)10-19/h6,13-16,21H,7-10H2,1-5H3. The Hall–Kier alpha value is -0.180. The average Bonchev–Trinajstić information content (AvgIpc) is 3.17. The molecule has 2 aliphatic rings. The largest absolute Gasteiger partial charge is 0.460 e. The third-order valence-electron chi connectivity index (χ3n) is 5.29. The number of allylic oxidation sites excluding steroid dienone is 1. The lowest BCUT2D eigenvalue weighted by atomic mass is 9.66. The van der Waals surface area contributed by atoms with Gasteiger partial charge in [0.25, 0.3) is 0 Å². The van der Waals surface area contributed by atoms with E-state index in [4.69, 9.17) is 14.2 Å². The number of halogens is 1. The molecule has 1 N–H and O–H groups in total. The number of alkyl halides is 1. The normalized spacial score (nSPS) is 41.6. The molecule has 1 aliphatic heterocycles. The van der Waals surface area contributed by atoms with E-state index in [9.17, 15) is 9.90 Å². The fourth-order valence-electron chi connectivity index (χ4n) is 4.04. The summed E-state index contributed by atoms with van der Waals surface area (Å²) >= 11 is 2.22. The van der Waals surface area contributed by atoms with Crippen LogP contribution in [-0.2, 0) is 19.0 Å². The number of epoxide rings is 1. The molecule has 0 aromatic carbocycles. The Kier molecular flexibility index (Phi) is 6.37. The summed E-state index contributed by atoms with van der Waals surface area (Å²) in [5.41, 5.74) is -0.0979. The molecule has 24 heavy (non-hydrogen) atoms. The van der Waals surface area contributed by atoms with Gasteiger partial charge in [0.1, 0.15) is 17.8 Å². The van der Waals surface area contributed by atoms with E-state index in [1.807, 2.05) is 6.92 Å². The monoisotopic (exact) mass is 452 g/mol. The molecule has 0 aromatic rings. The Balaban J connectivity index is 2.26. The Morgan fingerprint density at radius 3 is 2.58 bits per heavy atom. The quantitative estimate of drug-likeness (QED) is 0.221. The maximum atomic E-state index is 11.4. The van der Waals surface area contributed by atoms with Crippen LogP contribution in [-0.4, -0.2) is 52.1 Å². The minimum absolute atomic E-state index is 0.0561. The number of carbonyl (C=O) groups is 1. The topological polar surface area (TPSA) is 68.3 Å². The van der Waals surface area contributed by atoms with Crippen LogP contribution in [0.3, 0.4) is 0 Å². The van der Waals surface area contributed by atoms with Gasteiger partial charge in [0.2, 0.25) is 0 Å². The first kappa shape index (κ1) is 20.1. The zero-order valence-electron chi connectivity index (χ0n) is 15.2. The zero-order valence-corrected chi connectivity index (χ0v) is 17.3. The maximum absolute atomic E-state index is 11.4. The van der Waals surface area contributed by atoms with Gasteiger partial charge in [0.15, 0.2) is 0 Å². The van der Waals surface area contributed by atoms with E-state index in [2.05, 4.69) is 42.5 Å². The summed E-state index contributed by atoms with van der Waals surface area (Å²) in [6.45, 7) is 7.58. The van der Waals surface area contributed by atoms with Crippen LogP contribution >= 0.6 is 22.6 Å². The van der Waals surface area contributed by atoms with E-state index < -0.39 is 11.2 Å². The summed E-state index contributed by atoms with van der Waals surface area (Å²) < 4.78 is 17.8. The summed E-state index contributed by atoms with van der Waals surface area (Å²) in [5, 5.41) is 11.2. The molecule has 1 saturated carbocycles. The Labute approximate surface area is 158 Å². The van der Waals surface area contributed by atoms with E-state index in [0.29, 0.717) is 17.3 Å². The van der Waals surface area contributed by atoms with E-state index in [1.165, 1.54) is 12.5 Å². The molecule has 0 spiro atoms. The number of hydrogen-bond donors (Lipinski definition) is 1. The SMILES string of the molecule is COC1C(OC(C)=O)CCC(O)(CI)C1C1(C)OC1CC=C(C)C. The van der Waals surface area contributed by atoms with Crippen molar-refractivity contribution in [2.75, 3.05) is 11.5 Å². The molecular weight excluding hydrogens is 423 g/mol. The fraction of sp³-hybridized carbons (Fsp3) is 0.833. The van der Waals surface area contributed by atoms with Crippen LogP contribution in [0.5, 0.6) is 0 Å². The van der Waals surface area contributed by atoms with Crippen molar-refractivity contribution in [2.45, 2.75) is 76.5 Å². The number of aliphatic hydroxyl groups is 1. The molecule has 0 radical (unpaired) electrons. The van der Waals surface area contributed by atoms with Crippen molar-refractivity contribution in [3.8, 4) is 0 Å². The summed E-state index contributed by atoms with van der Waals surface area (Å²) in [4.78, 5) is 11.4. The van der Waals surface area contributed by atoms with Gasteiger partial charge in [-0.2, -0.15) is 0 Å². The summed E-state index contributed by atoms with van der Waals surface area (Å²) in [6, 6.07) is 0. The van der Waals surface area contributed by atoms with Gasteiger partial charge >= 0.3 is 5.97 Å². The summed E-state index contributed by atoms with van der Waals surface area (Å²) in [6.07, 6.45) is 3.50. The van der Waals surface area contributed by atoms with Gasteiger partial charge in [-0.3, -0.25) is 4.79 Å². The predicted octanol–water partition coefficient (Wildman–Crippen LogP) is 3.02. The van der Waals surface area contributed by atoms with Crippen molar-refractivity contribution in [1.29, 1.82) is 0 Å². The molecule has 6 atom stereocenters. The number of carbonyl (C=O) groups excluding carboxylic acids is 1. The minimum atomic E-state index is -0.883. The van der Waals surface area contributed by atoms with Crippen molar-refractivity contribution in [3.63, 3.8) is 0 Å². The number of esters is 1. The molecule has 6 heteroatoms. The van der Waals surface area contributed by atoms with Crippen LogP contribution in [0.1, 0.15) is 47.0 Å². The van der Waals surface area contributed by atoms with E-state index >= 15 is 0 Å². The molecular formula is C18H29IO5. The second-order valence-corrected chi connectivity index (χ2v) is 8.17. The highest BCUT2D eigenvalue weighted by Gasteiger charge is 2.67. The summed E-state index contributed by atoms with van der Waals surface area (Å²) in [5.74, 6) is -0.552. The van der Waals surface area contributed by atoms with Crippen LogP contribution in [0, 0.1) is 5.92 Å². The van der Waals surface area contributed by atoms with Gasteiger partial charge in [-0.15, -0.1) is 0 Å². The van der Waals surface area contributed by atoms with Gasteiger partial charge in [-0.05, 0) is 40.0 Å². The molecule has 5 nitrogen and oxygen atoms in total. The first-order valence-electron chi connectivity index (χ1n) is 8.47. The first-order chi connectivity index (χ1) is 11.2. The van der Waals surface area contributed by atoms with Crippen molar-refractivity contribution in [3.05, 3.63) is 11.6 Å². The maximum Gasteiger partial charge on any atom is 0.302 e. The lowest BCUT2D eigenvalue weighted by Crippen LogP contribution is -2.61. The molecule has 2 fully saturated rings. The van der Waals surface area contributed by atoms with Gasteiger partial charge < -0.3 is 19.3 Å². The van der Waals surface area contributed by atoms with E-state index in [-0.39, 0.29) is 30.2 Å². The van der Waals surface area contributed by atoms with E-state index in [0.717, 1.165) is 6.42 Å². The first-order valence-corrected chi connectivity index (χ1v) is 10.00. The number of rotatable bonds is 6. The lowest BCUT2D eigenvalue weighted by Gasteiger charge is -2.48. The Morgan fingerprint density at radius 1 is 1.42 bits per heavy atom. The van der Waals surface area contributed by atoms with Crippen LogP contribution < -0.4 is 0 Å². The Bertz CT molecular complexity index is 504. The molecule has 0 bridgehead atoms. The predicted molar refractivity (Wildman–Crippen MR) is 100 cm³/mol. The minimum Gasteiger partial charge on any atom is -0.460 e. The number of ether oxygens (including phenoxy) is 3. The molecule has 2 rings (SSSR count). The molecule has 6 unspecified atom stereocenters. The molecule has 138 valence electrons. The summed E-state index contributed by atoms with van der Waals surface area (Å²) in [7, 11) is 1.62. The second-order valence-electron chi connectivity index (χ2n) is 7.41. The van der Waals surface area contributed by atoms with Crippen molar-refractivity contribution in [2.24, 2.45) is 5.92 Å². The highest BCUT2D eigenvalue weighted by atomic mass is 127. The third kappa shape index (κ3) is 3.97. The van der Waals surface area contributed by atoms with Crippen LogP contribution in [0.25, 0.3) is 0 Å². The van der Waals surface area contributed by atoms with Crippen molar-refractivity contribution >= 4 is 28.6 Å². The molecule has 1 saturated heterocycles. The van der Waals surface area contributed by atoms with E-state index in [1.54, 1.807) is 7.11 Å². The van der Waals surface area contributed by atoms with Crippen molar-refractivity contribution in [1.82, 2.24) is 0 Å². The average molecular weight is 452 g/mol.